The van der Waals surface area contributed by atoms with Gasteiger partial charge in [0.1, 0.15) is 17.9 Å². The van der Waals surface area contributed by atoms with Crippen molar-refractivity contribution in [1.29, 1.82) is 0 Å². The van der Waals surface area contributed by atoms with Gasteiger partial charge >= 0.3 is 6.03 Å². The number of carbonyl (C=O) groups is 3. The SMILES string of the molecule is Cc1ccc(Cl)cc1N1C(=O)NC(=O)/C(=C\c2cc(Cl)ccc2OCc2ccc(Cl)cc2Cl)C1=O. The number of hydrogen-bond donors (Lipinski definition) is 1. The van der Waals surface area contributed by atoms with E-state index in [-0.39, 0.29) is 17.9 Å². The summed E-state index contributed by atoms with van der Waals surface area (Å²) >= 11 is 24.4. The molecule has 0 atom stereocenters. The molecule has 0 aliphatic carbocycles. The van der Waals surface area contributed by atoms with E-state index in [1.165, 1.54) is 12.1 Å². The lowest BCUT2D eigenvalue weighted by atomic mass is 10.0. The van der Waals surface area contributed by atoms with Gasteiger partial charge in [0.25, 0.3) is 11.8 Å². The summed E-state index contributed by atoms with van der Waals surface area (Å²) in [5, 5.41) is 3.80. The largest absolute Gasteiger partial charge is 0.488 e. The minimum absolute atomic E-state index is 0.0975. The third-order valence-corrected chi connectivity index (χ3v) is 6.24. The monoisotopic (exact) mass is 548 g/mol. The van der Waals surface area contributed by atoms with E-state index >= 15 is 0 Å². The molecule has 35 heavy (non-hydrogen) atoms. The first-order chi connectivity index (χ1) is 16.6. The van der Waals surface area contributed by atoms with Crippen LogP contribution in [0.3, 0.4) is 0 Å². The van der Waals surface area contributed by atoms with Crippen LogP contribution < -0.4 is 15.0 Å². The molecule has 1 aliphatic rings. The van der Waals surface area contributed by atoms with Crippen LogP contribution in [-0.4, -0.2) is 17.8 Å². The van der Waals surface area contributed by atoms with Gasteiger partial charge < -0.3 is 4.74 Å². The lowest BCUT2D eigenvalue weighted by Crippen LogP contribution is -2.54. The van der Waals surface area contributed by atoms with Crippen LogP contribution in [0.5, 0.6) is 5.75 Å². The van der Waals surface area contributed by atoms with Gasteiger partial charge in [-0.25, -0.2) is 9.69 Å². The third kappa shape index (κ3) is 5.46. The Balaban J connectivity index is 1.70. The Kier molecular flexibility index (Phi) is 7.38. The van der Waals surface area contributed by atoms with Gasteiger partial charge in [-0.05, 0) is 61.0 Å². The molecule has 1 fully saturated rings. The maximum atomic E-state index is 13.3. The minimum atomic E-state index is -0.873. The number of aryl methyl sites for hydroxylation is 1. The molecule has 10 heteroatoms. The average molecular weight is 550 g/mol. The molecule has 0 unspecified atom stereocenters. The number of amides is 4. The summed E-state index contributed by atoms with van der Waals surface area (Å²) in [5.74, 6) is -1.31. The second-order valence-electron chi connectivity index (χ2n) is 7.60. The minimum Gasteiger partial charge on any atom is -0.488 e. The molecule has 3 aromatic carbocycles. The molecular formula is C25H16Cl4N2O4. The van der Waals surface area contributed by atoms with E-state index in [1.54, 1.807) is 55.5 Å². The van der Waals surface area contributed by atoms with Crippen molar-refractivity contribution >= 4 is 76.0 Å². The lowest BCUT2D eigenvalue weighted by Gasteiger charge is -2.27. The van der Waals surface area contributed by atoms with E-state index in [9.17, 15) is 14.4 Å². The number of imide groups is 2. The molecule has 4 amide bonds. The van der Waals surface area contributed by atoms with Crippen LogP contribution >= 0.6 is 46.4 Å². The molecule has 178 valence electrons. The fourth-order valence-electron chi connectivity index (χ4n) is 3.41. The molecule has 1 saturated heterocycles. The first-order valence-electron chi connectivity index (χ1n) is 10.2. The highest BCUT2D eigenvalue weighted by atomic mass is 35.5. The van der Waals surface area contributed by atoms with Crippen molar-refractivity contribution in [3.63, 3.8) is 0 Å². The van der Waals surface area contributed by atoms with E-state index in [1.807, 2.05) is 0 Å². The van der Waals surface area contributed by atoms with Crippen molar-refractivity contribution in [2.45, 2.75) is 13.5 Å². The van der Waals surface area contributed by atoms with Crippen molar-refractivity contribution in [3.05, 3.63) is 97.0 Å². The first-order valence-corrected chi connectivity index (χ1v) is 11.7. The summed E-state index contributed by atoms with van der Waals surface area (Å²) in [6, 6.07) is 13.7. The molecule has 1 aliphatic heterocycles. The summed E-state index contributed by atoms with van der Waals surface area (Å²) in [7, 11) is 0. The molecule has 1 N–H and O–H groups in total. The number of ether oxygens (including phenoxy) is 1. The highest BCUT2D eigenvalue weighted by Crippen LogP contribution is 2.31. The summed E-state index contributed by atoms with van der Waals surface area (Å²) in [5.41, 5.74) is 1.65. The van der Waals surface area contributed by atoms with E-state index in [4.69, 9.17) is 51.1 Å². The van der Waals surface area contributed by atoms with Gasteiger partial charge in [-0.1, -0.05) is 58.5 Å². The average Bonchev–Trinajstić information content (AvgIpc) is 2.79. The van der Waals surface area contributed by atoms with Gasteiger partial charge in [-0.2, -0.15) is 0 Å². The zero-order valence-corrected chi connectivity index (χ0v) is 21.1. The predicted molar refractivity (Wildman–Crippen MR) is 137 cm³/mol. The number of nitrogens with one attached hydrogen (secondary N) is 1. The van der Waals surface area contributed by atoms with Crippen molar-refractivity contribution in [2.75, 3.05) is 4.90 Å². The molecule has 3 aromatic rings. The standard InChI is InChI=1S/C25H16Cl4N2O4/c1-13-2-4-18(28)11-21(13)31-24(33)19(23(32)30-25(31)34)9-15-8-16(26)6-7-22(15)35-12-14-3-5-17(27)10-20(14)29/h2-11H,12H2,1H3,(H,30,32,34)/b19-9+. The van der Waals surface area contributed by atoms with Crippen molar-refractivity contribution in [3.8, 4) is 5.75 Å². The second kappa shape index (κ2) is 10.3. The maximum Gasteiger partial charge on any atom is 0.335 e. The molecule has 0 spiro atoms. The fraction of sp³-hybridized carbons (Fsp3) is 0.0800. The zero-order valence-electron chi connectivity index (χ0n) is 18.1. The molecule has 0 radical (unpaired) electrons. The molecule has 0 aromatic heterocycles. The molecule has 1 heterocycles. The Labute approximate surface area is 221 Å². The number of nitrogens with zero attached hydrogens (tertiary/aromatic N) is 1. The molecule has 4 rings (SSSR count). The van der Waals surface area contributed by atoms with E-state index < -0.39 is 17.8 Å². The predicted octanol–water partition coefficient (Wildman–Crippen LogP) is 6.85. The Morgan fingerprint density at radius 1 is 0.886 bits per heavy atom. The van der Waals surface area contributed by atoms with Gasteiger partial charge in [0.15, 0.2) is 0 Å². The van der Waals surface area contributed by atoms with Gasteiger partial charge in [0.2, 0.25) is 0 Å². The summed E-state index contributed by atoms with van der Waals surface area (Å²) in [6.07, 6.45) is 1.32. The Morgan fingerprint density at radius 3 is 2.29 bits per heavy atom. The number of urea groups is 1. The van der Waals surface area contributed by atoms with E-state index in [2.05, 4.69) is 5.32 Å². The number of halogens is 4. The number of benzene rings is 3. The van der Waals surface area contributed by atoms with Crippen LogP contribution in [-0.2, 0) is 16.2 Å². The number of anilines is 1. The lowest BCUT2D eigenvalue weighted by molar-refractivity contribution is -0.122. The van der Waals surface area contributed by atoms with Gasteiger partial charge in [-0.15, -0.1) is 0 Å². The molecule has 6 nitrogen and oxygen atoms in total. The molecular weight excluding hydrogens is 534 g/mol. The molecule has 0 bridgehead atoms. The Morgan fingerprint density at radius 2 is 1.54 bits per heavy atom. The van der Waals surface area contributed by atoms with Crippen molar-refractivity contribution in [2.24, 2.45) is 0 Å². The molecule has 0 saturated carbocycles. The first kappa shape index (κ1) is 25.1. The highest BCUT2D eigenvalue weighted by molar-refractivity contribution is 6.40. The number of rotatable bonds is 5. The Hall–Kier alpha value is -3.03. The van der Waals surface area contributed by atoms with Crippen LogP contribution in [0.1, 0.15) is 16.7 Å². The maximum absolute atomic E-state index is 13.3. The normalized spacial score (nSPS) is 14.9. The quantitative estimate of drug-likeness (QED) is 0.279. The van der Waals surface area contributed by atoms with Crippen LogP contribution in [0.15, 0.2) is 60.2 Å². The number of hydrogen-bond acceptors (Lipinski definition) is 4. The number of barbiturate groups is 1. The smallest absolute Gasteiger partial charge is 0.335 e. The van der Waals surface area contributed by atoms with Gasteiger partial charge in [0.05, 0.1) is 5.69 Å². The van der Waals surface area contributed by atoms with Crippen molar-refractivity contribution in [1.82, 2.24) is 5.32 Å². The topological polar surface area (TPSA) is 75.7 Å². The summed E-state index contributed by atoms with van der Waals surface area (Å²) < 4.78 is 5.91. The summed E-state index contributed by atoms with van der Waals surface area (Å²) in [4.78, 5) is 39.3. The number of carbonyl (C=O) groups excluding carboxylic acids is 3. The second-order valence-corrected chi connectivity index (χ2v) is 9.31. The van der Waals surface area contributed by atoms with Crippen LogP contribution in [0.25, 0.3) is 6.08 Å². The van der Waals surface area contributed by atoms with Crippen LogP contribution in [0.4, 0.5) is 10.5 Å². The summed E-state index contributed by atoms with van der Waals surface area (Å²) in [6.45, 7) is 1.82. The van der Waals surface area contributed by atoms with Gasteiger partial charge in [0, 0.05) is 31.2 Å². The van der Waals surface area contributed by atoms with Crippen LogP contribution in [0.2, 0.25) is 20.1 Å². The van der Waals surface area contributed by atoms with Crippen LogP contribution in [0, 0.1) is 6.92 Å². The van der Waals surface area contributed by atoms with Crippen molar-refractivity contribution < 1.29 is 19.1 Å². The zero-order chi connectivity index (χ0) is 25.3. The van der Waals surface area contributed by atoms with Gasteiger partial charge in [-0.3, -0.25) is 14.9 Å². The van der Waals surface area contributed by atoms with E-state index in [0.29, 0.717) is 42.5 Å². The highest BCUT2D eigenvalue weighted by Gasteiger charge is 2.37. The Bertz CT molecular complexity index is 1400. The fourth-order valence-corrected chi connectivity index (χ4v) is 4.22. The third-order valence-electron chi connectivity index (χ3n) is 5.18. The van der Waals surface area contributed by atoms with E-state index in [0.717, 1.165) is 4.90 Å².